The van der Waals surface area contributed by atoms with E-state index >= 15 is 0 Å². The number of carboxylic acid groups (broad SMARTS) is 1. The molecule has 4 rings (SSSR count). The molecule has 0 saturated heterocycles. The van der Waals surface area contributed by atoms with Gasteiger partial charge in [-0.25, -0.2) is 9.48 Å². The summed E-state index contributed by atoms with van der Waals surface area (Å²) in [7, 11) is 0. The molecular weight excluding hydrogens is 408 g/mol. The molecule has 3 N–H and O–H groups in total. The van der Waals surface area contributed by atoms with Gasteiger partial charge in [-0.05, 0) is 48.7 Å². The first-order chi connectivity index (χ1) is 15.5. The fraction of sp³-hybridized carbons (Fsp3) is 0.208. The van der Waals surface area contributed by atoms with Gasteiger partial charge in [-0.2, -0.15) is 5.10 Å². The minimum atomic E-state index is -1.11. The molecule has 1 aromatic heterocycles. The van der Waals surface area contributed by atoms with Gasteiger partial charge in [0.05, 0.1) is 18.8 Å². The van der Waals surface area contributed by atoms with Crippen LogP contribution in [-0.2, 0) is 11.2 Å². The quantitative estimate of drug-likeness (QED) is 0.520. The van der Waals surface area contributed by atoms with Crippen molar-refractivity contribution < 1.29 is 19.4 Å². The van der Waals surface area contributed by atoms with E-state index in [1.165, 1.54) is 6.20 Å². The lowest BCUT2D eigenvalue weighted by Crippen LogP contribution is -2.25. The molecule has 0 fully saturated rings. The Morgan fingerprint density at radius 2 is 1.91 bits per heavy atom. The fourth-order valence-electron chi connectivity index (χ4n) is 3.69. The Balaban J connectivity index is 1.69. The summed E-state index contributed by atoms with van der Waals surface area (Å²) in [5, 5.41) is 19.8. The van der Waals surface area contributed by atoms with E-state index in [1.807, 2.05) is 62.4 Å². The van der Waals surface area contributed by atoms with Crippen molar-refractivity contribution in [2.45, 2.75) is 26.3 Å². The second-order valence-corrected chi connectivity index (χ2v) is 7.27. The molecule has 0 radical (unpaired) electrons. The lowest BCUT2D eigenvalue weighted by Gasteiger charge is -2.24. The summed E-state index contributed by atoms with van der Waals surface area (Å²) >= 11 is 0. The second kappa shape index (κ2) is 8.97. The number of aliphatic carboxylic acids is 1. The van der Waals surface area contributed by atoms with Gasteiger partial charge in [-0.15, -0.1) is 0 Å². The molecule has 1 aliphatic rings. The first kappa shape index (κ1) is 21.2. The molecule has 0 aliphatic carbocycles. The first-order valence-electron chi connectivity index (χ1n) is 10.4. The van der Waals surface area contributed by atoms with E-state index in [0.29, 0.717) is 18.1 Å². The number of carbonyl (C=O) groups is 2. The van der Waals surface area contributed by atoms with Crippen LogP contribution in [0.1, 0.15) is 41.4 Å². The molecule has 32 heavy (non-hydrogen) atoms. The molecule has 3 aromatic rings. The van der Waals surface area contributed by atoms with Crippen LogP contribution in [0.3, 0.4) is 0 Å². The minimum Gasteiger partial charge on any atom is -0.494 e. The molecule has 1 atom stereocenters. The number of hydrogen-bond donors (Lipinski definition) is 3. The summed E-state index contributed by atoms with van der Waals surface area (Å²) < 4.78 is 7.10. The number of carbonyl (C=O) groups excluding carboxylic acids is 1. The van der Waals surface area contributed by atoms with Gasteiger partial charge in [0.2, 0.25) is 0 Å². The molecule has 0 spiro atoms. The Bertz CT molecular complexity index is 1180. The van der Waals surface area contributed by atoms with Gasteiger partial charge in [-0.1, -0.05) is 37.3 Å². The van der Waals surface area contributed by atoms with Crippen LogP contribution in [0.25, 0.3) is 0 Å². The highest BCUT2D eigenvalue weighted by atomic mass is 16.5. The Morgan fingerprint density at radius 3 is 2.59 bits per heavy atom. The topological polar surface area (TPSA) is 105 Å². The van der Waals surface area contributed by atoms with Crippen LogP contribution in [0.2, 0.25) is 0 Å². The third kappa shape index (κ3) is 4.07. The summed E-state index contributed by atoms with van der Waals surface area (Å²) in [6.07, 6.45) is 3.80. The number of hydrogen-bond acceptors (Lipinski definition) is 5. The molecular formula is C24H24N4O4. The number of anilines is 2. The van der Waals surface area contributed by atoms with Crippen LogP contribution in [0.4, 0.5) is 11.5 Å². The zero-order valence-electron chi connectivity index (χ0n) is 17.8. The molecule has 0 bridgehead atoms. The highest BCUT2D eigenvalue weighted by molar-refractivity contribution is 6.08. The number of amides is 1. The van der Waals surface area contributed by atoms with E-state index in [1.54, 1.807) is 10.8 Å². The number of fused-ring (bicyclic) bond motifs is 1. The van der Waals surface area contributed by atoms with E-state index in [2.05, 4.69) is 15.7 Å². The van der Waals surface area contributed by atoms with E-state index in [-0.39, 0.29) is 17.2 Å². The standard InChI is InChI=1S/C24H24N4O4/c1-3-15-7-5-6-8-19(15)27-23(29)18-14-25-28-21(13-20(24(30)31)26-22(18)28)16-9-11-17(12-10-16)32-4-2/h5-14,21,26H,3-4H2,1-2H3,(H,27,29)(H,30,31)/t21-/m0/s1. The van der Waals surface area contributed by atoms with E-state index in [0.717, 1.165) is 23.3 Å². The number of aromatic nitrogens is 2. The van der Waals surface area contributed by atoms with Crippen molar-refractivity contribution in [2.75, 3.05) is 17.2 Å². The summed E-state index contributed by atoms with van der Waals surface area (Å²) in [4.78, 5) is 24.8. The van der Waals surface area contributed by atoms with Gasteiger partial charge in [-0.3, -0.25) is 4.79 Å². The fourth-order valence-corrected chi connectivity index (χ4v) is 3.69. The van der Waals surface area contributed by atoms with Crippen LogP contribution in [0, 0.1) is 0 Å². The summed E-state index contributed by atoms with van der Waals surface area (Å²) in [5.41, 5.74) is 2.79. The van der Waals surface area contributed by atoms with E-state index in [4.69, 9.17) is 4.74 Å². The lowest BCUT2D eigenvalue weighted by molar-refractivity contribution is -0.132. The van der Waals surface area contributed by atoms with Crippen molar-refractivity contribution in [1.29, 1.82) is 0 Å². The molecule has 2 aromatic carbocycles. The van der Waals surface area contributed by atoms with Crippen LogP contribution in [0.15, 0.2) is 66.5 Å². The smallest absolute Gasteiger partial charge is 0.352 e. The normalized spacial score (nSPS) is 14.7. The van der Waals surface area contributed by atoms with E-state index < -0.39 is 12.0 Å². The number of benzene rings is 2. The summed E-state index contributed by atoms with van der Waals surface area (Å²) in [5.74, 6) is -0.425. The predicted octanol–water partition coefficient (Wildman–Crippen LogP) is 4.08. The highest BCUT2D eigenvalue weighted by Gasteiger charge is 2.29. The van der Waals surface area contributed by atoms with E-state index in [9.17, 15) is 14.7 Å². The molecule has 8 heteroatoms. The van der Waals surface area contributed by atoms with Crippen molar-refractivity contribution in [3.05, 3.63) is 83.2 Å². The number of carboxylic acids is 1. The monoisotopic (exact) mass is 432 g/mol. The highest BCUT2D eigenvalue weighted by Crippen LogP contribution is 2.33. The number of nitrogens with zero attached hydrogens (tertiary/aromatic N) is 2. The molecule has 0 saturated carbocycles. The lowest BCUT2D eigenvalue weighted by atomic mass is 10.0. The van der Waals surface area contributed by atoms with Crippen molar-refractivity contribution in [1.82, 2.24) is 9.78 Å². The number of aryl methyl sites for hydroxylation is 1. The van der Waals surface area contributed by atoms with Gasteiger partial charge < -0.3 is 20.5 Å². The maximum atomic E-state index is 13.1. The van der Waals surface area contributed by atoms with Crippen LogP contribution in [0.5, 0.6) is 5.75 Å². The number of para-hydroxylation sites is 1. The number of nitrogens with one attached hydrogen (secondary N) is 2. The zero-order chi connectivity index (χ0) is 22.7. The van der Waals surface area contributed by atoms with Crippen molar-refractivity contribution >= 4 is 23.4 Å². The third-order valence-corrected chi connectivity index (χ3v) is 5.29. The first-order valence-corrected chi connectivity index (χ1v) is 10.4. The second-order valence-electron chi connectivity index (χ2n) is 7.27. The van der Waals surface area contributed by atoms with Crippen LogP contribution in [-0.4, -0.2) is 33.4 Å². The molecule has 2 heterocycles. The van der Waals surface area contributed by atoms with Crippen molar-refractivity contribution in [2.24, 2.45) is 0 Å². The van der Waals surface area contributed by atoms with Crippen molar-refractivity contribution in [3.8, 4) is 5.75 Å². The van der Waals surface area contributed by atoms with Crippen LogP contribution < -0.4 is 15.4 Å². The Kier molecular flexibility index (Phi) is 5.93. The van der Waals surface area contributed by atoms with Gasteiger partial charge in [0.15, 0.2) is 0 Å². The molecule has 0 unspecified atom stereocenters. The maximum Gasteiger partial charge on any atom is 0.352 e. The predicted molar refractivity (Wildman–Crippen MR) is 121 cm³/mol. The van der Waals surface area contributed by atoms with Gasteiger partial charge in [0.1, 0.15) is 22.8 Å². The van der Waals surface area contributed by atoms with Gasteiger partial charge in [0.25, 0.3) is 5.91 Å². The Morgan fingerprint density at radius 1 is 1.16 bits per heavy atom. The van der Waals surface area contributed by atoms with Crippen LogP contribution >= 0.6 is 0 Å². The largest absolute Gasteiger partial charge is 0.494 e. The zero-order valence-corrected chi connectivity index (χ0v) is 17.8. The number of rotatable bonds is 7. The molecule has 1 amide bonds. The Hall–Kier alpha value is -4.07. The number of ether oxygens (including phenoxy) is 1. The molecule has 8 nitrogen and oxygen atoms in total. The third-order valence-electron chi connectivity index (χ3n) is 5.29. The minimum absolute atomic E-state index is 0.0140. The summed E-state index contributed by atoms with van der Waals surface area (Å²) in [6, 6.07) is 14.5. The van der Waals surface area contributed by atoms with Gasteiger partial charge in [0, 0.05) is 5.69 Å². The SMILES string of the molecule is CCOc1ccc([C@@H]2C=C(C(=O)O)Nc3c(C(=O)Nc4ccccc4CC)cnn32)cc1. The Labute approximate surface area is 185 Å². The molecule has 1 aliphatic heterocycles. The van der Waals surface area contributed by atoms with Gasteiger partial charge >= 0.3 is 5.97 Å². The maximum absolute atomic E-state index is 13.1. The average Bonchev–Trinajstić information content (AvgIpc) is 3.24. The molecule has 164 valence electrons. The number of allylic oxidation sites excluding steroid dienone is 1. The average molecular weight is 432 g/mol. The van der Waals surface area contributed by atoms with Crippen molar-refractivity contribution in [3.63, 3.8) is 0 Å². The summed E-state index contributed by atoms with van der Waals surface area (Å²) in [6.45, 7) is 4.47.